The summed E-state index contributed by atoms with van der Waals surface area (Å²) in [4.78, 5) is 12.8. The van der Waals surface area contributed by atoms with Crippen LogP contribution in [-0.4, -0.2) is 19.5 Å². The zero-order valence-corrected chi connectivity index (χ0v) is 15.8. The summed E-state index contributed by atoms with van der Waals surface area (Å²) >= 11 is 13.5. The Morgan fingerprint density at radius 1 is 1.24 bits per heavy atom. The van der Waals surface area contributed by atoms with Crippen LogP contribution in [0.25, 0.3) is 11.2 Å². The van der Waals surface area contributed by atoms with Crippen LogP contribution in [0.5, 0.6) is 0 Å². The van der Waals surface area contributed by atoms with Crippen LogP contribution in [0.3, 0.4) is 0 Å². The van der Waals surface area contributed by atoms with E-state index in [0.29, 0.717) is 20.7 Å². The molecule has 25 heavy (non-hydrogen) atoms. The third-order valence-electron chi connectivity index (χ3n) is 3.61. The lowest BCUT2D eigenvalue weighted by Gasteiger charge is -2.05. The number of halogens is 2. The minimum absolute atomic E-state index is 0.181. The number of imidazole rings is 1. The molecule has 2 N–H and O–H groups in total. The maximum atomic E-state index is 8.00. The SMILES string of the molecule is C=CCCCCn1cnc(=N)c2[nH]c(Sc3cc(Cl)cc(Cl)c3)nc21. The molecule has 0 radical (unpaired) electrons. The van der Waals surface area contributed by atoms with Gasteiger partial charge in [-0.2, -0.15) is 0 Å². The Bertz CT molecular complexity index is 943. The molecular weight excluding hydrogens is 377 g/mol. The van der Waals surface area contributed by atoms with Gasteiger partial charge in [-0.1, -0.05) is 41.0 Å². The molecule has 5 nitrogen and oxygen atoms in total. The largest absolute Gasteiger partial charge is 0.328 e. The summed E-state index contributed by atoms with van der Waals surface area (Å²) < 4.78 is 1.97. The van der Waals surface area contributed by atoms with Crippen LogP contribution in [0.15, 0.2) is 47.2 Å². The fraction of sp³-hybridized carbons (Fsp3) is 0.235. The van der Waals surface area contributed by atoms with Gasteiger partial charge in [0.05, 0.1) is 6.33 Å². The molecule has 1 aromatic carbocycles. The normalized spacial score (nSPS) is 11.1. The Hall–Kier alpha value is -1.76. The van der Waals surface area contributed by atoms with Crippen molar-refractivity contribution in [2.45, 2.75) is 35.9 Å². The number of unbranched alkanes of at least 4 members (excludes halogenated alkanes) is 2. The molecule has 0 saturated carbocycles. The fourth-order valence-electron chi connectivity index (χ4n) is 2.44. The Balaban J connectivity index is 1.88. The van der Waals surface area contributed by atoms with Gasteiger partial charge in [0.2, 0.25) is 0 Å². The van der Waals surface area contributed by atoms with Crippen molar-refractivity contribution in [2.75, 3.05) is 0 Å². The first kappa shape index (κ1) is 18.0. The summed E-state index contributed by atoms with van der Waals surface area (Å²) in [5, 5.41) is 9.83. The average molecular weight is 394 g/mol. The smallest absolute Gasteiger partial charge is 0.173 e. The van der Waals surface area contributed by atoms with Gasteiger partial charge in [-0.25, -0.2) is 9.97 Å². The third-order valence-corrected chi connectivity index (χ3v) is 4.90. The molecule has 8 heteroatoms. The highest BCUT2D eigenvalue weighted by Gasteiger charge is 2.11. The molecule has 0 amide bonds. The highest BCUT2D eigenvalue weighted by molar-refractivity contribution is 7.99. The summed E-state index contributed by atoms with van der Waals surface area (Å²) in [6.45, 7) is 4.54. The quantitative estimate of drug-likeness (QED) is 0.435. The van der Waals surface area contributed by atoms with Gasteiger partial charge in [0.15, 0.2) is 16.3 Å². The molecule has 130 valence electrons. The molecule has 2 heterocycles. The van der Waals surface area contributed by atoms with E-state index in [1.807, 2.05) is 22.8 Å². The van der Waals surface area contributed by atoms with Crippen LogP contribution in [0.2, 0.25) is 10.0 Å². The summed E-state index contributed by atoms with van der Waals surface area (Å²) in [6.07, 6.45) is 6.65. The number of allylic oxidation sites excluding steroid dienone is 1. The van der Waals surface area contributed by atoms with E-state index in [1.165, 1.54) is 11.8 Å². The Labute approximate surface area is 159 Å². The molecule has 0 aliphatic rings. The van der Waals surface area contributed by atoms with E-state index in [4.69, 9.17) is 28.6 Å². The standard InChI is InChI=1S/C17H17Cl2N5S/c1-2-3-4-5-6-24-10-21-15(20)14-16(24)23-17(22-14)25-13-8-11(18)7-12(19)9-13/h2,7-10,20H,1,3-6H2,(H,22,23). The predicted octanol–water partition coefficient (Wildman–Crippen LogP) is 5.05. The number of hydrogen-bond donors (Lipinski definition) is 2. The number of nitrogens with one attached hydrogen (secondary N) is 2. The van der Waals surface area contributed by atoms with E-state index in [0.717, 1.165) is 36.3 Å². The monoisotopic (exact) mass is 393 g/mol. The molecule has 0 aliphatic heterocycles. The lowest BCUT2D eigenvalue weighted by Crippen LogP contribution is -2.12. The van der Waals surface area contributed by atoms with E-state index in [2.05, 4.69) is 21.5 Å². The van der Waals surface area contributed by atoms with Crippen LogP contribution in [-0.2, 0) is 6.54 Å². The van der Waals surface area contributed by atoms with Crippen LogP contribution in [0.4, 0.5) is 0 Å². The Morgan fingerprint density at radius 3 is 2.72 bits per heavy atom. The van der Waals surface area contributed by atoms with Gasteiger partial charge in [-0.05, 0) is 37.5 Å². The molecule has 0 bridgehead atoms. The average Bonchev–Trinajstić information content (AvgIpc) is 2.97. The van der Waals surface area contributed by atoms with Crippen LogP contribution >= 0.6 is 35.0 Å². The fourth-order valence-corrected chi connectivity index (χ4v) is 3.98. The molecule has 0 saturated heterocycles. The lowest BCUT2D eigenvalue weighted by atomic mass is 10.2. The second kappa shape index (κ2) is 8.08. The first-order valence-electron chi connectivity index (χ1n) is 7.81. The van der Waals surface area contributed by atoms with Crippen molar-refractivity contribution in [2.24, 2.45) is 0 Å². The van der Waals surface area contributed by atoms with Gasteiger partial charge in [0, 0.05) is 21.5 Å². The predicted molar refractivity (Wildman–Crippen MR) is 102 cm³/mol. The number of fused-ring (bicyclic) bond motifs is 1. The second-order valence-electron chi connectivity index (χ2n) is 5.52. The van der Waals surface area contributed by atoms with Crippen LogP contribution < -0.4 is 5.49 Å². The lowest BCUT2D eigenvalue weighted by molar-refractivity contribution is 0.614. The first-order valence-corrected chi connectivity index (χ1v) is 9.38. The molecule has 0 spiro atoms. The number of aryl methyl sites for hydroxylation is 1. The van der Waals surface area contributed by atoms with Gasteiger partial charge in [-0.3, -0.25) is 5.41 Å². The van der Waals surface area contributed by atoms with Crippen molar-refractivity contribution in [3.8, 4) is 0 Å². The molecule has 0 aliphatic carbocycles. The van der Waals surface area contributed by atoms with Crippen LogP contribution in [0.1, 0.15) is 19.3 Å². The molecular formula is C17H17Cl2N5S. The summed E-state index contributed by atoms with van der Waals surface area (Å²) in [7, 11) is 0. The maximum Gasteiger partial charge on any atom is 0.173 e. The Morgan fingerprint density at radius 2 is 2.00 bits per heavy atom. The van der Waals surface area contributed by atoms with Gasteiger partial charge < -0.3 is 9.55 Å². The molecule has 0 unspecified atom stereocenters. The third kappa shape index (κ3) is 4.45. The topological polar surface area (TPSA) is 70.3 Å². The maximum absolute atomic E-state index is 8.00. The zero-order valence-electron chi connectivity index (χ0n) is 13.4. The van der Waals surface area contributed by atoms with E-state index in [9.17, 15) is 0 Å². The van der Waals surface area contributed by atoms with E-state index < -0.39 is 0 Å². The van der Waals surface area contributed by atoms with Crippen LogP contribution in [0, 0.1) is 5.41 Å². The minimum Gasteiger partial charge on any atom is -0.328 e. The molecule has 3 aromatic rings. The van der Waals surface area contributed by atoms with Gasteiger partial charge >= 0.3 is 0 Å². The van der Waals surface area contributed by atoms with E-state index in [1.54, 1.807) is 12.4 Å². The molecule has 0 fully saturated rings. The number of H-pyrrole nitrogens is 1. The Kier molecular flexibility index (Phi) is 5.83. The van der Waals surface area contributed by atoms with E-state index >= 15 is 0 Å². The highest BCUT2D eigenvalue weighted by Crippen LogP contribution is 2.31. The molecule has 3 rings (SSSR count). The van der Waals surface area contributed by atoms with E-state index in [-0.39, 0.29) is 5.49 Å². The van der Waals surface area contributed by atoms with Crippen molar-refractivity contribution < 1.29 is 0 Å². The summed E-state index contributed by atoms with van der Waals surface area (Å²) in [6, 6.07) is 5.35. The number of benzene rings is 1. The van der Waals surface area contributed by atoms with Crippen molar-refractivity contribution in [3.63, 3.8) is 0 Å². The zero-order chi connectivity index (χ0) is 17.8. The van der Waals surface area contributed by atoms with Gasteiger partial charge in [-0.15, -0.1) is 6.58 Å². The van der Waals surface area contributed by atoms with Crippen molar-refractivity contribution >= 4 is 46.1 Å². The highest BCUT2D eigenvalue weighted by atomic mass is 35.5. The van der Waals surface area contributed by atoms with Crippen molar-refractivity contribution in [3.05, 3.63) is 52.7 Å². The van der Waals surface area contributed by atoms with Gasteiger partial charge in [0.1, 0.15) is 5.52 Å². The van der Waals surface area contributed by atoms with Crippen molar-refractivity contribution in [1.29, 1.82) is 5.41 Å². The summed E-state index contributed by atoms with van der Waals surface area (Å²) in [5.74, 6) is 0. The number of aromatic nitrogens is 4. The number of rotatable bonds is 7. The van der Waals surface area contributed by atoms with Crippen molar-refractivity contribution in [1.82, 2.24) is 19.5 Å². The number of aromatic amines is 1. The molecule has 0 atom stereocenters. The summed E-state index contributed by atoms with van der Waals surface area (Å²) in [5.41, 5.74) is 1.54. The first-order chi connectivity index (χ1) is 12.1. The van der Waals surface area contributed by atoms with Gasteiger partial charge in [0.25, 0.3) is 0 Å². The minimum atomic E-state index is 0.181. The second-order valence-corrected chi connectivity index (χ2v) is 7.45. The number of hydrogen-bond acceptors (Lipinski definition) is 4. The molecule has 2 aromatic heterocycles. The number of nitrogens with zero attached hydrogens (tertiary/aromatic N) is 3.